The Morgan fingerprint density at radius 3 is 2.65 bits per heavy atom. The van der Waals surface area contributed by atoms with Crippen LogP contribution in [0.5, 0.6) is 0 Å². The number of carboxylic acid groups (broad SMARTS) is 1. The number of pyridine rings is 1. The molecule has 5 nitrogen and oxygen atoms in total. The molecule has 0 radical (unpaired) electrons. The molecule has 130 valence electrons. The van der Waals surface area contributed by atoms with Crippen molar-refractivity contribution in [2.75, 3.05) is 0 Å². The molecule has 4 rings (SSSR count). The minimum absolute atomic E-state index is 0.0640. The Morgan fingerprint density at radius 2 is 1.92 bits per heavy atom. The van der Waals surface area contributed by atoms with Crippen LogP contribution in [0, 0.1) is 0 Å². The Hall–Kier alpha value is -2.92. The Kier molecular flexibility index (Phi) is 4.09. The van der Waals surface area contributed by atoms with Gasteiger partial charge in [-0.2, -0.15) is 0 Å². The fourth-order valence-electron chi connectivity index (χ4n) is 3.27. The molecule has 0 spiro atoms. The summed E-state index contributed by atoms with van der Waals surface area (Å²) in [5.74, 6) is -1.07. The van der Waals surface area contributed by atoms with Crippen LogP contribution in [0.15, 0.2) is 47.4 Å². The van der Waals surface area contributed by atoms with Crippen LogP contribution in [-0.2, 0) is 6.42 Å². The number of aromatic nitrogens is 2. The highest BCUT2D eigenvalue weighted by Crippen LogP contribution is 2.30. The number of hydrogen-bond donors (Lipinski definition) is 1. The van der Waals surface area contributed by atoms with E-state index in [2.05, 4.69) is 4.98 Å². The van der Waals surface area contributed by atoms with Crippen molar-refractivity contribution >= 4 is 34.9 Å². The number of aromatic carboxylic acids is 1. The number of halogens is 1. The number of hydrogen-bond acceptors (Lipinski definition) is 3. The first-order chi connectivity index (χ1) is 12.5. The molecule has 1 aliphatic rings. The summed E-state index contributed by atoms with van der Waals surface area (Å²) in [5, 5.41) is 9.82. The molecule has 0 amide bonds. The first-order valence-electron chi connectivity index (χ1n) is 8.28. The monoisotopic (exact) mass is 366 g/mol. The van der Waals surface area contributed by atoms with Gasteiger partial charge in [0.15, 0.2) is 0 Å². The zero-order chi connectivity index (χ0) is 18.3. The molecule has 2 heterocycles. The second-order valence-electron chi connectivity index (χ2n) is 6.27. The second-order valence-corrected chi connectivity index (χ2v) is 6.71. The van der Waals surface area contributed by atoms with Gasteiger partial charge in [0.2, 0.25) is 0 Å². The van der Waals surface area contributed by atoms with E-state index in [0.717, 1.165) is 24.0 Å². The predicted octanol–water partition coefficient (Wildman–Crippen LogP) is 3.92. The quantitative estimate of drug-likeness (QED) is 0.746. The Balaban J connectivity index is 1.89. The van der Waals surface area contributed by atoms with Gasteiger partial charge >= 0.3 is 5.97 Å². The van der Waals surface area contributed by atoms with E-state index in [1.165, 1.54) is 16.7 Å². The largest absolute Gasteiger partial charge is 0.478 e. The third kappa shape index (κ3) is 2.91. The van der Waals surface area contributed by atoms with Crippen molar-refractivity contribution in [2.24, 2.45) is 0 Å². The van der Waals surface area contributed by atoms with Gasteiger partial charge in [-0.3, -0.25) is 9.20 Å². The van der Waals surface area contributed by atoms with Crippen molar-refractivity contribution < 1.29 is 9.90 Å². The average Bonchev–Trinajstić information content (AvgIpc) is 2.64. The van der Waals surface area contributed by atoms with Crippen molar-refractivity contribution in [3.63, 3.8) is 0 Å². The SMILES string of the molecule is O=C(O)c1ccc2nc3c(c(=O)n2c1)CCCC3=Cc1ccc(Cl)cc1. The number of fused-ring (bicyclic) bond motifs is 2. The number of allylic oxidation sites excluding steroid dienone is 1. The fraction of sp³-hybridized carbons (Fsp3) is 0.150. The van der Waals surface area contributed by atoms with Gasteiger partial charge in [0, 0.05) is 16.8 Å². The van der Waals surface area contributed by atoms with E-state index in [4.69, 9.17) is 16.7 Å². The molecule has 0 saturated heterocycles. The lowest BCUT2D eigenvalue weighted by Gasteiger charge is -2.18. The summed E-state index contributed by atoms with van der Waals surface area (Å²) in [6.45, 7) is 0. The number of benzene rings is 1. The number of rotatable bonds is 2. The second kappa shape index (κ2) is 6.42. The van der Waals surface area contributed by atoms with Crippen molar-refractivity contribution in [2.45, 2.75) is 19.3 Å². The molecular weight excluding hydrogens is 352 g/mol. The van der Waals surface area contributed by atoms with Crippen molar-refractivity contribution in [3.05, 3.63) is 80.4 Å². The molecule has 1 aliphatic carbocycles. The number of carboxylic acids is 1. The van der Waals surface area contributed by atoms with Gasteiger partial charge in [-0.25, -0.2) is 9.78 Å². The Morgan fingerprint density at radius 1 is 1.15 bits per heavy atom. The lowest BCUT2D eigenvalue weighted by molar-refractivity contribution is 0.0696. The van der Waals surface area contributed by atoms with Crippen molar-refractivity contribution in [3.8, 4) is 0 Å². The van der Waals surface area contributed by atoms with Gasteiger partial charge < -0.3 is 5.11 Å². The maximum absolute atomic E-state index is 12.9. The van der Waals surface area contributed by atoms with Crippen LogP contribution in [-0.4, -0.2) is 20.5 Å². The lowest BCUT2D eigenvalue weighted by atomic mass is 9.91. The summed E-state index contributed by atoms with van der Waals surface area (Å²) in [4.78, 5) is 28.7. The molecule has 0 saturated carbocycles. The highest BCUT2D eigenvalue weighted by atomic mass is 35.5. The maximum atomic E-state index is 12.9. The molecule has 2 aromatic heterocycles. The van der Waals surface area contributed by atoms with Gasteiger partial charge in [0.05, 0.1) is 11.3 Å². The van der Waals surface area contributed by atoms with E-state index in [-0.39, 0.29) is 11.1 Å². The third-order valence-electron chi connectivity index (χ3n) is 4.55. The Labute approximate surface area is 154 Å². The molecule has 0 fully saturated rings. The summed E-state index contributed by atoms with van der Waals surface area (Å²) < 4.78 is 1.33. The number of carbonyl (C=O) groups is 1. The van der Waals surface area contributed by atoms with E-state index in [9.17, 15) is 9.59 Å². The fourth-order valence-corrected chi connectivity index (χ4v) is 3.39. The minimum atomic E-state index is -1.07. The lowest BCUT2D eigenvalue weighted by Crippen LogP contribution is -2.25. The van der Waals surface area contributed by atoms with Crippen LogP contribution < -0.4 is 5.56 Å². The summed E-state index contributed by atoms with van der Waals surface area (Å²) in [6.07, 6.45) is 5.70. The molecule has 0 unspecified atom stereocenters. The van der Waals surface area contributed by atoms with Crippen LogP contribution in [0.3, 0.4) is 0 Å². The van der Waals surface area contributed by atoms with Gasteiger partial charge in [0.1, 0.15) is 5.65 Å². The molecule has 1 aromatic carbocycles. The zero-order valence-corrected chi connectivity index (χ0v) is 14.5. The van der Waals surface area contributed by atoms with Crippen LogP contribution in [0.25, 0.3) is 17.3 Å². The summed E-state index contributed by atoms with van der Waals surface area (Å²) >= 11 is 5.94. The first kappa shape index (κ1) is 16.5. The summed E-state index contributed by atoms with van der Waals surface area (Å²) in [5.41, 5.74) is 3.67. The molecule has 0 bridgehead atoms. The topological polar surface area (TPSA) is 71.7 Å². The van der Waals surface area contributed by atoms with Crippen LogP contribution >= 0.6 is 11.6 Å². The number of nitrogens with zero attached hydrogens (tertiary/aromatic N) is 2. The van der Waals surface area contributed by atoms with E-state index in [1.807, 2.05) is 30.3 Å². The van der Waals surface area contributed by atoms with Gasteiger partial charge in [-0.1, -0.05) is 23.7 Å². The van der Waals surface area contributed by atoms with E-state index in [1.54, 1.807) is 6.07 Å². The van der Waals surface area contributed by atoms with Crippen molar-refractivity contribution in [1.29, 1.82) is 0 Å². The zero-order valence-electron chi connectivity index (χ0n) is 13.8. The molecular formula is C20H15ClN2O3. The average molecular weight is 367 g/mol. The van der Waals surface area contributed by atoms with E-state index in [0.29, 0.717) is 28.3 Å². The summed E-state index contributed by atoms with van der Waals surface area (Å²) in [6, 6.07) is 10.5. The predicted molar refractivity (Wildman–Crippen MR) is 101 cm³/mol. The molecule has 0 atom stereocenters. The Bertz CT molecular complexity index is 1110. The molecule has 0 aliphatic heterocycles. The van der Waals surface area contributed by atoms with Crippen LogP contribution in [0.1, 0.15) is 40.0 Å². The highest BCUT2D eigenvalue weighted by Gasteiger charge is 2.21. The van der Waals surface area contributed by atoms with Gasteiger partial charge in [0.25, 0.3) is 5.56 Å². The van der Waals surface area contributed by atoms with Gasteiger partial charge in [-0.15, -0.1) is 0 Å². The molecule has 1 N–H and O–H groups in total. The van der Waals surface area contributed by atoms with Gasteiger partial charge in [-0.05, 0) is 60.7 Å². The molecule has 26 heavy (non-hydrogen) atoms. The normalized spacial score (nSPS) is 15.2. The van der Waals surface area contributed by atoms with E-state index < -0.39 is 5.97 Å². The molecule has 6 heteroatoms. The summed E-state index contributed by atoms with van der Waals surface area (Å²) in [7, 11) is 0. The smallest absolute Gasteiger partial charge is 0.337 e. The first-order valence-corrected chi connectivity index (χ1v) is 8.66. The molecule has 3 aromatic rings. The minimum Gasteiger partial charge on any atom is -0.478 e. The van der Waals surface area contributed by atoms with Crippen LogP contribution in [0.2, 0.25) is 5.02 Å². The third-order valence-corrected chi connectivity index (χ3v) is 4.80. The van der Waals surface area contributed by atoms with E-state index >= 15 is 0 Å². The maximum Gasteiger partial charge on any atom is 0.337 e. The van der Waals surface area contributed by atoms with Crippen LogP contribution in [0.4, 0.5) is 0 Å². The van der Waals surface area contributed by atoms with Crippen molar-refractivity contribution in [1.82, 2.24) is 9.38 Å². The standard InChI is InChI=1S/C20H15ClN2O3/c21-15-7-4-12(5-8-15)10-13-2-1-3-16-18(13)22-17-9-6-14(20(25)26)11-23(17)19(16)24/h4-11H,1-3H2,(H,25,26). The highest BCUT2D eigenvalue weighted by molar-refractivity contribution is 6.30.